The Morgan fingerprint density at radius 2 is 2.47 bits per heavy atom. The van der Waals surface area contributed by atoms with Gasteiger partial charge in [-0.25, -0.2) is 0 Å². The molecule has 5 heteroatoms. The third kappa shape index (κ3) is 4.86. The summed E-state index contributed by atoms with van der Waals surface area (Å²) < 4.78 is 0. The van der Waals surface area contributed by atoms with Crippen LogP contribution in [0.2, 0.25) is 0 Å². The summed E-state index contributed by atoms with van der Waals surface area (Å²) in [4.78, 5) is 10.9. The number of rotatable bonds is 6. The van der Waals surface area contributed by atoms with Gasteiger partial charge >= 0.3 is 0 Å². The van der Waals surface area contributed by atoms with E-state index in [1.54, 1.807) is 11.8 Å². The zero-order valence-electron chi connectivity index (χ0n) is 9.38. The van der Waals surface area contributed by atoms with Crippen molar-refractivity contribution in [2.45, 2.75) is 31.4 Å². The van der Waals surface area contributed by atoms with Crippen molar-refractivity contribution >= 4 is 17.7 Å². The van der Waals surface area contributed by atoms with Gasteiger partial charge < -0.3 is 15.7 Å². The van der Waals surface area contributed by atoms with Crippen LogP contribution in [0.3, 0.4) is 0 Å². The average molecular weight is 232 g/mol. The van der Waals surface area contributed by atoms with Gasteiger partial charge in [0.15, 0.2) is 0 Å². The van der Waals surface area contributed by atoms with Crippen molar-refractivity contribution in [3.63, 3.8) is 0 Å². The summed E-state index contributed by atoms with van der Waals surface area (Å²) in [5.74, 6) is 0.856. The first-order chi connectivity index (χ1) is 7.03. The quantitative estimate of drug-likeness (QED) is 0.602. The first kappa shape index (κ1) is 12.8. The third-order valence-corrected chi connectivity index (χ3v) is 3.35. The molecule has 4 nitrogen and oxygen atoms in total. The molecule has 0 aromatic heterocycles. The summed E-state index contributed by atoms with van der Waals surface area (Å²) in [7, 11) is 0. The fourth-order valence-corrected chi connectivity index (χ4v) is 2.43. The molecule has 1 aliphatic rings. The Hall–Kier alpha value is -0.260. The lowest BCUT2D eigenvalue weighted by atomic mass is 10.1. The molecule has 2 atom stereocenters. The van der Waals surface area contributed by atoms with E-state index >= 15 is 0 Å². The van der Waals surface area contributed by atoms with Crippen LogP contribution in [0, 0.1) is 0 Å². The van der Waals surface area contributed by atoms with Crippen molar-refractivity contribution in [2.24, 2.45) is 0 Å². The number of carbonyl (C=O) groups excluding carboxylic acids is 1. The molecule has 15 heavy (non-hydrogen) atoms. The van der Waals surface area contributed by atoms with Gasteiger partial charge in [-0.05, 0) is 19.6 Å². The highest BCUT2D eigenvalue weighted by atomic mass is 32.2. The minimum Gasteiger partial charge on any atom is -0.388 e. The molecule has 1 fully saturated rings. The summed E-state index contributed by atoms with van der Waals surface area (Å²) in [6, 6.07) is 0.238. The predicted octanol–water partition coefficient (Wildman–Crippen LogP) is -0.0314. The molecule has 0 bridgehead atoms. The van der Waals surface area contributed by atoms with E-state index < -0.39 is 5.60 Å². The van der Waals surface area contributed by atoms with E-state index in [4.69, 9.17) is 0 Å². The Balaban J connectivity index is 2.13. The molecule has 1 aliphatic heterocycles. The van der Waals surface area contributed by atoms with Crippen molar-refractivity contribution in [3.8, 4) is 0 Å². The molecule has 0 aromatic carbocycles. The fourth-order valence-electron chi connectivity index (χ4n) is 1.71. The number of hydrogen-bond acceptors (Lipinski definition) is 4. The number of carbonyl (C=O) groups is 1. The largest absolute Gasteiger partial charge is 0.388 e. The molecular weight excluding hydrogens is 212 g/mol. The Bertz CT molecular complexity index is 221. The van der Waals surface area contributed by atoms with Gasteiger partial charge in [0.1, 0.15) is 0 Å². The van der Waals surface area contributed by atoms with Crippen LogP contribution >= 0.6 is 11.8 Å². The molecular formula is C10H20N2O2S. The monoisotopic (exact) mass is 232 g/mol. The van der Waals surface area contributed by atoms with Gasteiger partial charge in [-0.3, -0.25) is 4.79 Å². The van der Waals surface area contributed by atoms with Crippen LogP contribution in [0.5, 0.6) is 0 Å². The maximum Gasteiger partial charge on any atom is 0.220 e. The lowest BCUT2D eigenvalue weighted by Gasteiger charge is -2.23. The van der Waals surface area contributed by atoms with Gasteiger partial charge in [0.05, 0.1) is 5.60 Å². The lowest BCUT2D eigenvalue weighted by molar-refractivity contribution is -0.119. The second-order valence-electron chi connectivity index (χ2n) is 4.36. The molecule has 0 saturated carbocycles. The van der Waals surface area contributed by atoms with E-state index in [0.29, 0.717) is 13.0 Å². The minimum atomic E-state index is -0.665. The summed E-state index contributed by atoms with van der Waals surface area (Å²) in [6.45, 7) is 3.14. The maximum absolute atomic E-state index is 10.9. The first-order valence-corrected chi connectivity index (χ1v) is 6.64. The fraction of sp³-hybridized carbons (Fsp3) is 0.900. The Labute approximate surface area is 95.2 Å². The zero-order valence-corrected chi connectivity index (χ0v) is 10.2. The highest BCUT2D eigenvalue weighted by Gasteiger charge is 2.22. The molecule has 1 heterocycles. The molecule has 0 spiro atoms. The SMILES string of the molecule is CSCC(C)(O)CNCC1CCC(=O)N1. The van der Waals surface area contributed by atoms with E-state index in [2.05, 4.69) is 10.6 Å². The minimum absolute atomic E-state index is 0.137. The van der Waals surface area contributed by atoms with Gasteiger partial charge in [0.25, 0.3) is 0 Å². The molecule has 1 amide bonds. The van der Waals surface area contributed by atoms with Crippen molar-refractivity contribution in [1.82, 2.24) is 10.6 Å². The molecule has 1 rings (SSSR count). The van der Waals surface area contributed by atoms with Crippen LogP contribution < -0.4 is 10.6 Å². The summed E-state index contributed by atoms with van der Waals surface area (Å²) >= 11 is 1.63. The van der Waals surface area contributed by atoms with E-state index in [1.807, 2.05) is 13.2 Å². The van der Waals surface area contributed by atoms with E-state index in [9.17, 15) is 9.90 Å². The maximum atomic E-state index is 10.9. The predicted molar refractivity (Wildman–Crippen MR) is 63.0 cm³/mol. The van der Waals surface area contributed by atoms with Crippen LogP contribution in [0.25, 0.3) is 0 Å². The van der Waals surface area contributed by atoms with Crippen LogP contribution in [-0.2, 0) is 4.79 Å². The number of nitrogens with one attached hydrogen (secondary N) is 2. The second-order valence-corrected chi connectivity index (χ2v) is 5.23. The van der Waals surface area contributed by atoms with Crippen LogP contribution in [-0.4, -0.2) is 47.8 Å². The summed E-state index contributed by atoms with van der Waals surface area (Å²) in [5, 5.41) is 15.9. The zero-order chi connectivity index (χ0) is 11.3. The van der Waals surface area contributed by atoms with E-state index in [0.717, 1.165) is 18.7 Å². The van der Waals surface area contributed by atoms with E-state index in [1.165, 1.54) is 0 Å². The topological polar surface area (TPSA) is 61.4 Å². The molecule has 88 valence electrons. The number of hydrogen-bond donors (Lipinski definition) is 3. The molecule has 0 radical (unpaired) electrons. The smallest absolute Gasteiger partial charge is 0.220 e. The Morgan fingerprint density at radius 1 is 1.73 bits per heavy atom. The number of aliphatic hydroxyl groups is 1. The summed E-state index contributed by atoms with van der Waals surface area (Å²) in [5.41, 5.74) is -0.665. The molecule has 1 saturated heterocycles. The number of thioether (sulfide) groups is 1. The van der Waals surface area contributed by atoms with Crippen molar-refractivity contribution in [1.29, 1.82) is 0 Å². The molecule has 0 aliphatic carbocycles. The van der Waals surface area contributed by atoms with Gasteiger partial charge in [-0.1, -0.05) is 0 Å². The Morgan fingerprint density at radius 3 is 3.00 bits per heavy atom. The van der Waals surface area contributed by atoms with Crippen molar-refractivity contribution in [2.75, 3.05) is 25.1 Å². The highest BCUT2D eigenvalue weighted by Crippen LogP contribution is 2.10. The van der Waals surface area contributed by atoms with Crippen LogP contribution in [0.1, 0.15) is 19.8 Å². The standard InChI is InChI=1S/C10H20N2O2S/c1-10(14,7-15-2)6-11-5-8-3-4-9(13)12-8/h8,11,14H,3-7H2,1-2H3,(H,12,13). The first-order valence-electron chi connectivity index (χ1n) is 5.25. The van der Waals surface area contributed by atoms with Crippen LogP contribution in [0.4, 0.5) is 0 Å². The second kappa shape index (κ2) is 5.72. The van der Waals surface area contributed by atoms with Gasteiger partial charge in [-0.15, -0.1) is 0 Å². The van der Waals surface area contributed by atoms with E-state index in [-0.39, 0.29) is 11.9 Å². The van der Waals surface area contributed by atoms with Gasteiger partial charge in [0, 0.05) is 31.3 Å². The van der Waals surface area contributed by atoms with Crippen molar-refractivity contribution < 1.29 is 9.90 Å². The number of amides is 1. The highest BCUT2D eigenvalue weighted by molar-refractivity contribution is 7.98. The van der Waals surface area contributed by atoms with Gasteiger partial charge in [-0.2, -0.15) is 11.8 Å². The van der Waals surface area contributed by atoms with Crippen LogP contribution in [0.15, 0.2) is 0 Å². The Kier molecular flexibility index (Phi) is 4.89. The normalized spacial score (nSPS) is 25.0. The lowest BCUT2D eigenvalue weighted by Crippen LogP contribution is -2.44. The molecule has 2 unspecified atom stereocenters. The average Bonchev–Trinajstić information content (AvgIpc) is 2.51. The molecule has 0 aromatic rings. The van der Waals surface area contributed by atoms with Gasteiger partial charge in [0.2, 0.25) is 5.91 Å². The summed E-state index contributed by atoms with van der Waals surface area (Å²) in [6.07, 6.45) is 3.51. The van der Waals surface area contributed by atoms with Crippen molar-refractivity contribution in [3.05, 3.63) is 0 Å². The molecule has 3 N–H and O–H groups in total. The third-order valence-electron chi connectivity index (χ3n) is 2.44.